The monoisotopic (exact) mass is 309 g/mol. The molecule has 17 heavy (non-hydrogen) atoms. The summed E-state index contributed by atoms with van der Waals surface area (Å²) in [5.74, 6) is 0. The molecule has 1 heterocycles. The summed E-state index contributed by atoms with van der Waals surface area (Å²) in [6.07, 6.45) is 0. The van der Waals surface area contributed by atoms with Crippen molar-refractivity contribution in [3.63, 3.8) is 0 Å². The molecule has 90 valence electrons. The van der Waals surface area contributed by atoms with Crippen LogP contribution in [-0.2, 0) is 0 Å². The summed E-state index contributed by atoms with van der Waals surface area (Å²) >= 11 is 5.37. The number of hydrogen-bond acceptors (Lipinski definition) is 2. The van der Waals surface area contributed by atoms with E-state index in [1.165, 1.54) is 14.9 Å². The van der Waals surface area contributed by atoms with Crippen molar-refractivity contribution in [3.05, 3.63) is 56.7 Å². The van der Waals surface area contributed by atoms with Crippen molar-refractivity contribution in [1.29, 1.82) is 0 Å². The van der Waals surface area contributed by atoms with Gasteiger partial charge in [0.1, 0.15) is 0 Å². The maximum absolute atomic E-state index is 3.62. The molecule has 2 aromatic rings. The molecule has 3 heteroatoms. The van der Waals surface area contributed by atoms with E-state index in [4.69, 9.17) is 0 Å². The van der Waals surface area contributed by atoms with E-state index >= 15 is 0 Å². The second-order valence-corrected chi connectivity index (χ2v) is 5.96. The van der Waals surface area contributed by atoms with Gasteiger partial charge in [-0.1, -0.05) is 30.3 Å². The minimum atomic E-state index is 0.361. The molecule has 2 rings (SSSR count). The van der Waals surface area contributed by atoms with Gasteiger partial charge in [-0.3, -0.25) is 0 Å². The second kappa shape index (κ2) is 5.80. The van der Waals surface area contributed by atoms with Crippen molar-refractivity contribution in [2.24, 2.45) is 0 Å². The van der Waals surface area contributed by atoms with Gasteiger partial charge in [0.2, 0.25) is 0 Å². The summed E-state index contributed by atoms with van der Waals surface area (Å²) in [6.45, 7) is 4.41. The molecule has 0 radical (unpaired) electrons. The number of halogens is 1. The van der Waals surface area contributed by atoms with Gasteiger partial charge in [0.15, 0.2) is 0 Å². The summed E-state index contributed by atoms with van der Waals surface area (Å²) in [5.41, 5.74) is 1.33. The van der Waals surface area contributed by atoms with Crippen LogP contribution in [0.15, 0.2) is 46.3 Å². The highest BCUT2D eigenvalue weighted by Gasteiger charge is 2.14. The zero-order valence-corrected chi connectivity index (χ0v) is 12.4. The number of thiophene rings is 1. The van der Waals surface area contributed by atoms with Gasteiger partial charge >= 0.3 is 0 Å². The smallest absolute Gasteiger partial charge is 0.0402 e. The van der Waals surface area contributed by atoms with E-state index in [1.54, 1.807) is 11.3 Å². The van der Waals surface area contributed by atoms with Gasteiger partial charge in [-0.15, -0.1) is 11.3 Å². The molecule has 2 unspecified atom stereocenters. The molecule has 0 amide bonds. The van der Waals surface area contributed by atoms with E-state index in [1.807, 2.05) is 0 Å². The minimum absolute atomic E-state index is 0.361. The van der Waals surface area contributed by atoms with E-state index in [-0.39, 0.29) is 0 Å². The van der Waals surface area contributed by atoms with E-state index in [2.05, 4.69) is 76.9 Å². The van der Waals surface area contributed by atoms with Crippen molar-refractivity contribution in [1.82, 2.24) is 5.32 Å². The molecule has 0 aliphatic carbocycles. The molecular weight excluding hydrogens is 294 g/mol. The van der Waals surface area contributed by atoms with Crippen molar-refractivity contribution in [2.45, 2.75) is 25.9 Å². The lowest BCUT2D eigenvalue weighted by Crippen LogP contribution is -2.21. The second-order valence-electron chi connectivity index (χ2n) is 4.15. The molecule has 0 aliphatic rings. The molecular formula is C14H16BrNS. The fourth-order valence-electron chi connectivity index (χ4n) is 1.90. The van der Waals surface area contributed by atoms with Crippen LogP contribution in [0, 0.1) is 0 Å². The van der Waals surface area contributed by atoms with Gasteiger partial charge in [0.05, 0.1) is 0 Å². The minimum Gasteiger partial charge on any atom is -0.303 e. The molecule has 1 aromatic carbocycles. The van der Waals surface area contributed by atoms with Crippen LogP contribution < -0.4 is 5.32 Å². The lowest BCUT2D eigenvalue weighted by Gasteiger charge is -2.20. The zero-order valence-electron chi connectivity index (χ0n) is 9.98. The highest BCUT2D eigenvalue weighted by molar-refractivity contribution is 9.10. The first kappa shape index (κ1) is 12.8. The van der Waals surface area contributed by atoms with E-state index in [9.17, 15) is 0 Å². The molecule has 2 atom stereocenters. The largest absolute Gasteiger partial charge is 0.303 e. The molecule has 0 fully saturated rings. The summed E-state index contributed by atoms with van der Waals surface area (Å²) in [6, 6.07) is 13.4. The summed E-state index contributed by atoms with van der Waals surface area (Å²) in [7, 11) is 0. The third-order valence-electron chi connectivity index (χ3n) is 2.84. The Labute approximate surface area is 115 Å². The molecule has 0 aliphatic heterocycles. The number of hydrogen-bond donors (Lipinski definition) is 1. The Kier molecular flexibility index (Phi) is 4.37. The van der Waals surface area contributed by atoms with Crippen molar-refractivity contribution in [2.75, 3.05) is 0 Å². The van der Waals surface area contributed by atoms with Crippen molar-refractivity contribution >= 4 is 27.3 Å². The lowest BCUT2D eigenvalue weighted by molar-refractivity contribution is 0.499. The van der Waals surface area contributed by atoms with Crippen LogP contribution in [0.25, 0.3) is 0 Å². The maximum atomic E-state index is 3.62. The van der Waals surface area contributed by atoms with Gasteiger partial charge in [-0.25, -0.2) is 0 Å². The van der Waals surface area contributed by atoms with Gasteiger partial charge in [-0.05, 0) is 46.8 Å². The van der Waals surface area contributed by atoms with Crippen LogP contribution in [0.3, 0.4) is 0 Å². The van der Waals surface area contributed by atoms with Crippen LogP contribution in [0.4, 0.5) is 0 Å². The van der Waals surface area contributed by atoms with Gasteiger partial charge in [-0.2, -0.15) is 0 Å². The molecule has 0 bridgehead atoms. The Balaban J connectivity index is 2.05. The average Bonchev–Trinajstić information content (AvgIpc) is 2.76. The van der Waals surface area contributed by atoms with Crippen molar-refractivity contribution < 1.29 is 0 Å². The molecule has 0 spiro atoms. The maximum Gasteiger partial charge on any atom is 0.0402 e. The Bertz CT molecular complexity index is 466. The summed E-state index contributed by atoms with van der Waals surface area (Å²) < 4.78 is 1.20. The predicted octanol–water partition coefficient (Wildman–Crippen LogP) is 4.92. The van der Waals surface area contributed by atoms with E-state index in [0.717, 1.165) is 0 Å². The van der Waals surface area contributed by atoms with Crippen LogP contribution in [0.2, 0.25) is 0 Å². The van der Waals surface area contributed by atoms with Crippen LogP contribution in [-0.4, -0.2) is 0 Å². The van der Waals surface area contributed by atoms with Gasteiger partial charge in [0.25, 0.3) is 0 Å². The lowest BCUT2D eigenvalue weighted by atomic mass is 10.1. The molecule has 0 saturated heterocycles. The Morgan fingerprint density at radius 1 is 1.06 bits per heavy atom. The van der Waals surface area contributed by atoms with Gasteiger partial charge < -0.3 is 5.32 Å². The SMILES string of the molecule is CC(NC(C)c1sccc1Br)c1ccccc1. The van der Waals surface area contributed by atoms with E-state index < -0.39 is 0 Å². The molecule has 1 nitrogen and oxygen atoms in total. The van der Waals surface area contributed by atoms with Crippen LogP contribution >= 0.6 is 27.3 Å². The molecule has 0 saturated carbocycles. The summed E-state index contributed by atoms with van der Waals surface area (Å²) in [4.78, 5) is 1.35. The third-order valence-corrected chi connectivity index (χ3v) is 4.89. The first-order valence-corrected chi connectivity index (χ1v) is 7.39. The molecule has 1 N–H and O–H groups in total. The fraction of sp³-hybridized carbons (Fsp3) is 0.286. The number of nitrogens with one attached hydrogen (secondary N) is 1. The predicted molar refractivity (Wildman–Crippen MR) is 78.4 cm³/mol. The highest BCUT2D eigenvalue weighted by Crippen LogP contribution is 2.30. The Morgan fingerprint density at radius 2 is 1.76 bits per heavy atom. The first-order valence-electron chi connectivity index (χ1n) is 5.72. The normalized spacial score (nSPS) is 14.5. The number of rotatable bonds is 4. The van der Waals surface area contributed by atoms with Crippen molar-refractivity contribution in [3.8, 4) is 0 Å². The number of benzene rings is 1. The Morgan fingerprint density at radius 3 is 2.35 bits per heavy atom. The van der Waals surface area contributed by atoms with Gasteiger partial charge in [0, 0.05) is 21.4 Å². The fourth-order valence-corrected chi connectivity index (χ4v) is 3.64. The Hall–Kier alpha value is -0.640. The summed E-state index contributed by atoms with van der Waals surface area (Å²) in [5, 5.41) is 5.74. The first-order chi connectivity index (χ1) is 8.18. The standard InChI is InChI=1S/C14H16BrNS/c1-10(12-6-4-3-5-7-12)16-11(2)14-13(15)8-9-17-14/h3-11,16H,1-2H3. The average molecular weight is 310 g/mol. The topological polar surface area (TPSA) is 12.0 Å². The van der Waals surface area contributed by atoms with E-state index in [0.29, 0.717) is 12.1 Å². The highest BCUT2D eigenvalue weighted by atomic mass is 79.9. The van der Waals surface area contributed by atoms with Crippen LogP contribution in [0.1, 0.15) is 36.4 Å². The molecule has 1 aromatic heterocycles. The van der Waals surface area contributed by atoms with Crippen LogP contribution in [0.5, 0.6) is 0 Å². The third kappa shape index (κ3) is 3.18. The quantitative estimate of drug-likeness (QED) is 0.845. The zero-order chi connectivity index (χ0) is 12.3.